The molecular weight excluding hydrogens is 403 g/mol. The van der Waals surface area contributed by atoms with Crippen molar-refractivity contribution < 1.29 is 40.6 Å². The molecule has 0 aromatic rings. The fourth-order valence-electron chi connectivity index (χ4n) is 1.72. The molecule has 0 saturated carbocycles. The van der Waals surface area contributed by atoms with Crippen LogP contribution in [0.2, 0.25) is 0 Å². The second-order valence-corrected chi connectivity index (χ2v) is 7.60. The van der Waals surface area contributed by atoms with Crippen LogP contribution in [0.25, 0.3) is 0 Å². The van der Waals surface area contributed by atoms with Crippen LogP contribution in [0.5, 0.6) is 0 Å². The summed E-state index contributed by atoms with van der Waals surface area (Å²) in [6, 6.07) is 0. The molecule has 0 rings (SSSR count). The first-order valence-electron chi connectivity index (χ1n) is 5.85. The minimum Gasteiger partial charge on any atom is -0.481 e. The molecule has 0 spiro atoms. The van der Waals surface area contributed by atoms with Crippen molar-refractivity contribution in [3.05, 3.63) is 0 Å². The van der Waals surface area contributed by atoms with Gasteiger partial charge in [0.15, 0.2) is 4.33 Å². The Kier molecular flexibility index (Phi) is 6.59. The number of hydrogen-bond acceptors (Lipinski definition) is 1. The van der Waals surface area contributed by atoms with Crippen LogP contribution >= 0.6 is 34.8 Å². The first-order valence-corrected chi connectivity index (χ1v) is 7.05. The maximum Gasteiger partial charge on any atom is 0.434 e. The molecule has 0 bridgehead atoms. The van der Waals surface area contributed by atoms with Crippen LogP contribution < -0.4 is 0 Å². The Morgan fingerprint density at radius 1 is 1.00 bits per heavy atom. The van der Waals surface area contributed by atoms with Crippen LogP contribution in [0.4, 0.5) is 30.7 Å². The Labute approximate surface area is 141 Å². The molecule has 1 N–H and O–H groups in total. The molecule has 1 atom stereocenters. The van der Waals surface area contributed by atoms with E-state index in [-0.39, 0.29) is 0 Å². The third kappa shape index (κ3) is 4.69. The SMILES string of the molecule is CC(C)(CC(=O)O)C(Cl)CC(Cl)(Cl)C(F)(C(F)(F)F)C(F)(F)F. The van der Waals surface area contributed by atoms with Crippen molar-refractivity contribution in [3.8, 4) is 0 Å². The molecule has 0 aliphatic rings. The van der Waals surface area contributed by atoms with Gasteiger partial charge in [-0.1, -0.05) is 37.0 Å². The van der Waals surface area contributed by atoms with Crippen molar-refractivity contribution >= 4 is 40.8 Å². The Bertz CT molecular complexity index is 432. The number of carboxylic acids is 1. The Morgan fingerprint density at radius 3 is 1.61 bits per heavy atom. The molecule has 0 heterocycles. The van der Waals surface area contributed by atoms with Gasteiger partial charge in [0.1, 0.15) is 0 Å². The standard InChI is InChI=1S/C11H12Cl3F7O2/c1-7(2,4-6(22)23)5(12)3-8(13,14)9(15,10(16,17)18)11(19,20)21/h5H,3-4H2,1-2H3,(H,22,23). The van der Waals surface area contributed by atoms with Crippen LogP contribution in [0.1, 0.15) is 26.7 Å². The third-order valence-electron chi connectivity index (χ3n) is 3.18. The van der Waals surface area contributed by atoms with Crippen molar-refractivity contribution in [3.63, 3.8) is 0 Å². The van der Waals surface area contributed by atoms with Crippen molar-refractivity contribution in [1.29, 1.82) is 0 Å². The van der Waals surface area contributed by atoms with Gasteiger partial charge in [-0.05, 0) is 5.41 Å². The number of aliphatic carboxylic acids is 1. The molecule has 0 fully saturated rings. The van der Waals surface area contributed by atoms with Crippen molar-refractivity contribution in [1.82, 2.24) is 0 Å². The molecule has 138 valence electrons. The van der Waals surface area contributed by atoms with Crippen LogP contribution in [0.3, 0.4) is 0 Å². The smallest absolute Gasteiger partial charge is 0.434 e. The molecule has 2 nitrogen and oxygen atoms in total. The van der Waals surface area contributed by atoms with Gasteiger partial charge in [0.2, 0.25) is 0 Å². The van der Waals surface area contributed by atoms with E-state index in [0.29, 0.717) is 0 Å². The average Bonchev–Trinajstić information content (AvgIpc) is 2.21. The van der Waals surface area contributed by atoms with E-state index in [1.54, 1.807) is 0 Å². The summed E-state index contributed by atoms with van der Waals surface area (Å²) in [5, 5.41) is 6.97. The first kappa shape index (κ1) is 22.9. The van der Waals surface area contributed by atoms with Crippen molar-refractivity contribution in [2.45, 2.75) is 54.4 Å². The highest BCUT2D eigenvalue weighted by Crippen LogP contribution is 2.59. The number of hydrogen-bond donors (Lipinski definition) is 1. The van der Waals surface area contributed by atoms with Crippen molar-refractivity contribution in [2.24, 2.45) is 5.41 Å². The molecule has 0 aliphatic carbocycles. The summed E-state index contributed by atoms with van der Waals surface area (Å²) in [5.41, 5.74) is -7.44. The van der Waals surface area contributed by atoms with E-state index in [2.05, 4.69) is 0 Å². The van der Waals surface area contributed by atoms with E-state index < -0.39 is 52.0 Å². The first-order chi connectivity index (χ1) is 9.79. The number of carbonyl (C=O) groups is 1. The van der Waals surface area contributed by atoms with Gasteiger partial charge in [-0.25, -0.2) is 4.39 Å². The van der Waals surface area contributed by atoms with Crippen LogP contribution in [0.15, 0.2) is 0 Å². The van der Waals surface area contributed by atoms with Crippen molar-refractivity contribution in [2.75, 3.05) is 0 Å². The van der Waals surface area contributed by atoms with E-state index in [1.807, 2.05) is 0 Å². The second-order valence-electron chi connectivity index (χ2n) is 5.59. The zero-order valence-corrected chi connectivity index (χ0v) is 13.9. The van der Waals surface area contributed by atoms with Crippen LogP contribution in [0, 0.1) is 5.41 Å². The summed E-state index contributed by atoms with van der Waals surface area (Å²) in [6.45, 7) is 2.31. The molecule has 1 unspecified atom stereocenters. The summed E-state index contributed by atoms with van der Waals surface area (Å²) in [7, 11) is 0. The normalized spacial score (nSPS) is 16.3. The molecule has 0 aliphatic heterocycles. The molecule has 12 heteroatoms. The molecule has 0 aromatic heterocycles. The topological polar surface area (TPSA) is 37.3 Å². The van der Waals surface area contributed by atoms with Gasteiger partial charge in [0.25, 0.3) is 0 Å². The van der Waals surface area contributed by atoms with Gasteiger partial charge >= 0.3 is 24.0 Å². The summed E-state index contributed by atoms with van der Waals surface area (Å²) in [6.07, 6.45) is -15.1. The maximum absolute atomic E-state index is 13.9. The van der Waals surface area contributed by atoms with Gasteiger partial charge in [0, 0.05) is 11.8 Å². The molecule has 0 aromatic carbocycles. The average molecular weight is 416 g/mol. The minimum absolute atomic E-state index is 0.706. The van der Waals surface area contributed by atoms with E-state index in [4.69, 9.17) is 39.9 Å². The fraction of sp³-hybridized carbons (Fsp3) is 0.909. The highest BCUT2D eigenvalue weighted by molar-refractivity contribution is 6.49. The van der Waals surface area contributed by atoms with E-state index in [0.717, 1.165) is 13.8 Å². The van der Waals surface area contributed by atoms with E-state index in [1.165, 1.54) is 0 Å². The number of alkyl halides is 10. The van der Waals surface area contributed by atoms with Crippen LogP contribution in [-0.2, 0) is 4.79 Å². The lowest BCUT2D eigenvalue weighted by Crippen LogP contribution is -2.64. The van der Waals surface area contributed by atoms with Crippen LogP contribution in [-0.4, -0.2) is 38.8 Å². The molecule has 23 heavy (non-hydrogen) atoms. The summed E-state index contributed by atoms with van der Waals surface area (Å²) < 4.78 is 85.8. The maximum atomic E-state index is 13.9. The van der Waals surface area contributed by atoms with Gasteiger partial charge < -0.3 is 5.11 Å². The molecule has 0 saturated heterocycles. The number of rotatable bonds is 6. The Hall–Kier alpha value is -0.150. The highest BCUT2D eigenvalue weighted by atomic mass is 35.5. The summed E-state index contributed by atoms with van der Waals surface area (Å²) in [4.78, 5) is 10.6. The van der Waals surface area contributed by atoms with Gasteiger partial charge in [0.05, 0.1) is 6.42 Å². The van der Waals surface area contributed by atoms with E-state index >= 15 is 0 Å². The molecule has 0 amide bonds. The van der Waals surface area contributed by atoms with E-state index in [9.17, 15) is 35.5 Å². The molecule has 0 radical (unpaired) electrons. The largest absolute Gasteiger partial charge is 0.481 e. The lowest BCUT2D eigenvalue weighted by molar-refractivity contribution is -0.346. The Morgan fingerprint density at radius 2 is 1.35 bits per heavy atom. The monoisotopic (exact) mass is 414 g/mol. The summed E-state index contributed by atoms with van der Waals surface area (Å²) >= 11 is 15.8. The minimum atomic E-state index is -6.46. The van der Waals surface area contributed by atoms with Gasteiger partial charge in [-0.2, -0.15) is 26.3 Å². The lowest BCUT2D eigenvalue weighted by atomic mass is 9.81. The second kappa shape index (κ2) is 6.63. The third-order valence-corrected chi connectivity index (χ3v) is 4.75. The quantitative estimate of drug-likeness (QED) is 0.460. The zero-order chi connectivity index (χ0) is 19.1. The predicted molar refractivity (Wildman–Crippen MR) is 70.7 cm³/mol. The van der Waals surface area contributed by atoms with Gasteiger partial charge in [-0.15, -0.1) is 11.6 Å². The zero-order valence-electron chi connectivity index (χ0n) is 11.6. The summed E-state index contributed by atoms with van der Waals surface area (Å²) in [5.74, 6) is -1.41. The van der Waals surface area contributed by atoms with Gasteiger partial charge in [-0.3, -0.25) is 4.79 Å². The predicted octanol–water partition coefficient (Wildman–Crippen LogP) is 5.49. The molecular formula is C11H12Cl3F7O2. The highest BCUT2D eigenvalue weighted by Gasteiger charge is 2.81. The Balaban J connectivity index is 5.73. The number of halogens is 10. The fourth-order valence-corrected chi connectivity index (χ4v) is 2.92. The number of carboxylic acid groups (broad SMARTS) is 1. The lowest BCUT2D eigenvalue weighted by Gasteiger charge is -2.41.